The number of hydrogen-bond acceptors (Lipinski definition) is 6. The van der Waals surface area contributed by atoms with E-state index in [0.717, 1.165) is 36.4 Å². The van der Waals surface area contributed by atoms with Gasteiger partial charge < -0.3 is 15.1 Å². The molecule has 0 saturated carbocycles. The van der Waals surface area contributed by atoms with Crippen LogP contribution in [0, 0.1) is 5.82 Å². The molecule has 0 unspecified atom stereocenters. The molecule has 1 saturated heterocycles. The first-order valence-corrected chi connectivity index (χ1v) is 12.2. The summed E-state index contributed by atoms with van der Waals surface area (Å²) in [6.07, 6.45) is 2.61. The van der Waals surface area contributed by atoms with Gasteiger partial charge in [0.15, 0.2) is 0 Å². The number of carbonyl (C=O) groups is 2. The molecule has 1 fully saturated rings. The maximum absolute atomic E-state index is 14.9. The second-order valence-corrected chi connectivity index (χ2v) is 9.53. The number of nitrogens with zero attached hydrogens (tertiary/aromatic N) is 4. The third kappa shape index (κ3) is 4.50. The highest BCUT2D eigenvalue weighted by Crippen LogP contribution is 2.39. The largest absolute Gasteiger partial charge is 0.369 e. The van der Waals surface area contributed by atoms with E-state index in [9.17, 15) is 14.0 Å². The molecular formula is C24H25FN6O2S. The van der Waals surface area contributed by atoms with E-state index in [1.807, 2.05) is 41.3 Å². The van der Waals surface area contributed by atoms with Crippen molar-refractivity contribution in [3.63, 3.8) is 0 Å². The predicted octanol–water partition coefficient (Wildman–Crippen LogP) is 3.00. The number of fused-ring (bicyclic) bond motifs is 1. The minimum atomic E-state index is -0.788. The van der Waals surface area contributed by atoms with Crippen LogP contribution < -0.4 is 15.1 Å². The number of carbonyl (C=O) groups excluding carboxylic acids is 2. The van der Waals surface area contributed by atoms with E-state index >= 15 is 0 Å². The molecule has 176 valence electrons. The fourth-order valence-corrected chi connectivity index (χ4v) is 5.41. The molecule has 1 atom stereocenters. The second kappa shape index (κ2) is 9.46. The Hall–Kier alpha value is -3.40. The van der Waals surface area contributed by atoms with Gasteiger partial charge in [-0.2, -0.15) is 0 Å². The monoisotopic (exact) mass is 480 g/mol. The van der Waals surface area contributed by atoms with E-state index in [-0.39, 0.29) is 17.5 Å². The molecule has 5 rings (SSSR count). The highest BCUT2D eigenvalue weighted by Gasteiger charge is 2.32. The van der Waals surface area contributed by atoms with Gasteiger partial charge in [0.1, 0.15) is 17.7 Å². The smallest absolute Gasteiger partial charge is 0.291 e. The van der Waals surface area contributed by atoms with Gasteiger partial charge in [-0.3, -0.25) is 14.7 Å². The lowest BCUT2D eigenvalue weighted by atomic mass is 10.1. The number of anilines is 2. The maximum Gasteiger partial charge on any atom is 0.291 e. The molecule has 8 nitrogen and oxygen atoms in total. The number of aromatic nitrogens is 3. The van der Waals surface area contributed by atoms with Crippen LogP contribution in [0.2, 0.25) is 0 Å². The molecule has 2 aromatic carbocycles. The number of likely N-dealkylation sites (N-methyl/N-ethyl adjacent to an activating group) is 1. The Morgan fingerprint density at radius 1 is 1.21 bits per heavy atom. The zero-order valence-corrected chi connectivity index (χ0v) is 19.6. The highest BCUT2D eigenvalue weighted by molar-refractivity contribution is 7.99. The molecule has 0 radical (unpaired) electrons. The van der Waals surface area contributed by atoms with E-state index in [1.54, 1.807) is 7.05 Å². The fraction of sp³-hybridized carbons (Fsp3) is 0.333. The molecule has 1 aromatic heterocycles. The van der Waals surface area contributed by atoms with E-state index in [0.29, 0.717) is 29.4 Å². The second-order valence-electron chi connectivity index (χ2n) is 8.47. The summed E-state index contributed by atoms with van der Waals surface area (Å²) in [7, 11) is 1.60. The van der Waals surface area contributed by atoms with Crippen molar-refractivity contribution in [2.45, 2.75) is 30.2 Å². The summed E-state index contributed by atoms with van der Waals surface area (Å²) in [5, 5.41) is 9.56. The number of H-pyrrole nitrogens is 1. The minimum absolute atomic E-state index is 0.0180. The molecule has 3 heterocycles. The summed E-state index contributed by atoms with van der Waals surface area (Å²) in [5.74, 6) is -0.308. The van der Waals surface area contributed by atoms with Gasteiger partial charge in [-0.05, 0) is 24.5 Å². The SMILES string of the molecule is CN1C(=O)[C@@H](NC(=O)c2n[nH]c(Cc3ccccc3)n2)CSc2cc(N3CCCC3)c(F)cc21. The van der Waals surface area contributed by atoms with Gasteiger partial charge >= 0.3 is 0 Å². The standard InChI is InChI=1S/C24H25FN6O2S/c1-30-19-12-16(25)18(31-9-5-6-10-31)13-20(19)34-14-17(24(30)33)26-23(32)22-27-21(28-29-22)11-15-7-3-2-4-8-15/h2-4,7-8,12-13,17H,5-6,9-11,14H2,1H3,(H,26,32)(H,27,28,29)/t17-/m0/s1. The third-order valence-corrected chi connectivity index (χ3v) is 7.26. The van der Waals surface area contributed by atoms with Crippen molar-refractivity contribution in [2.24, 2.45) is 0 Å². The van der Waals surface area contributed by atoms with Crippen molar-refractivity contribution in [1.29, 1.82) is 0 Å². The number of rotatable bonds is 5. The first-order valence-electron chi connectivity index (χ1n) is 11.2. The normalized spacial score (nSPS) is 18.1. The zero-order valence-electron chi connectivity index (χ0n) is 18.8. The average Bonchev–Trinajstić information content (AvgIpc) is 3.52. The molecule has 2 N–H and O–H groups in total. The quantitative estimate of drug-likeness (QED) is 0.583. The number of benzene rings is 2. The Balaban J connectivity index is 1.29. The van der Waals surface area contributed by atoms with Gasteiger partial charge in [0, 0.05) is 43.3 Å². The third-order valence-electron chi connectivity index (χ3n) is 6.13. The van der Waals surface area contributed by atoms with Crippen LogP contribution in [0.1, 0.15) is 34.8 Å². The van der Waals surface area contributed by atoms with Crippen LogP contribution in [0.3, 0.4) is 0 Å². The van der Waals surface area contributed by atoms with E-state index < -0.39 is 11.9 Å². The summed E-state index contributed by atoms with van der Waals surface area (Å²) < 4.78 is 14.9. The van der Waals surface area contributed by atoms with E-state index in [2.05, 4.69) is 20.5 Å². The van der Waals surface area contributed by atoms with Crippen LogP contribution in [0.4, 0.5) is 15.8 Å². The lowest BCUT2D eigenvalue weighted by Crippen LogP contribution is -2.48. The first kappa shape index (κ1) is 22.4. The highest BCUT2D eigenvalue weighted by atomic mass is 32.2. The lowest BCUT2D eigenvalue weighted by molar-refractivity contribution is -0.119. The first-order chi connectivity index (χ1) is 16.5. The summed E-state index contributed by atoms with van der Waals surface area (Å²) in [6, 6.07) is 12.2. The van der Waals surface area contributed by atoms with Gasteiger partial charge in [0.2, 0.25) is 11.7 Å². The number of halogens is 1. The van der Waals surface area contributed by atoms with Gasteiger partial charge in [-0.1, -0.05) is 30.3 Å². The molecule has 10 heteroatoms. The molecular weight excluding hydrogens is 455 g/mol. The average molecular weight is 481 g/mol. The minimum Gasteiger partial charge on any atom is -0.369 e. The maximum atomic E-state index is 14.9. The van der Waals surface area contributed by atoms with Gasteiger partial charge in [-0.25, -0.2) is 9.37 Å². The van der Waals surface area contributed by atoms with Gasteiger partial charge in [0.25, 0.3) is 5.91 Å². The Labute approximate surface area is 200 Å². The Bertz CT molecular complexity index is 1210. The summed E-state index contributed by atoms with van der Waals surface area (Å²) in [5.41, 5.74) is 2.12. The number of amides is 2. The van der Waals surface area contributed by atoms with Crippen molar-refractivity contribution >= 4 is 35.0 Å². The molecule has 2 aliphatic rings. The molecule has 0 spiro atoms. The molecule has 2 aliphatic heterocycles. The number of nitrogens with one attached hydrogen (secondary N) is 2. The van der Waals surface area contributed by atoms with Crippen molar-refractivity contribution < 1.29 is 14.0 Å². The van der Waals surface area contributed by atoms with Crippen molar-refractivity contribution in [1.82, 2.24) is 20.5 Å². The number of aromatic amines is 1. The van der Waals surface area contributed by atoms with E-state index in [1.165, 1.54) is 22.7 Å². The van der Waals surface area contributed by atoms with Crippen molar-refractivity contribution in [3.8, 4) is 0 Å². The summed E-state index contributed by atoms with van der Waals surface area (Å²) >= 11 is 1.43. The fourth-order valence-electron chi connectivity index (χ4n) is 4.30. The lowest BCUT2D eigenvalue weighted by Gasteiger charge is -2.23. The Morgan fingerprint density at radius 2 is 1.97 bits per heavy atom. The molecule has 0 aliphatic carbocycles. The van der Waals surface area contributed by atoms with Crippen molar-refractivity contribution in [3.05, 3.63) is 65.5 Å². The number of hydrogen-bond donors (Lipinski definition) is 2. The number of thioether (sulfide) groups is 1. The Morgan fingerprint density at radius 3 is 2.74 bits per heavy atom. The van der Waals surface area contributed by atoms with E-state index in [4.69, 9.17) is 0 Å². The van der Waals surface area contributed by atoms with Gasteiger partial charge in [-0.15, -0.1) is 16.9 Å². The van der Waals surface area contributed by atoms with Crippen LogP contribution in [0.15, 0.2) is 47.4 Å². The van der Waals surface area contributed by atoms with Crippen LogP contribution in [0.5, 0.6) is 0 Å². The molecule has 0 bridgehead atoms. The Kier molecular flexibility index (Phi) is 6.23. The summed E-state index contributed by atoms with van der Waals surface area (Å²) in [4.78, 5) is 34.4. The van der Waals surface area contributed by atoms with Crippen LogP contribution in [-0.2, 0) is 11.2 Å². The van der Waals surface area contributed by atoms with Crippen LogP contribution in [-0.4, -0.2) is 58.9 Å². The van der Waals surface area contributed by atoms with Crippen molar-refractivity contribution in [2.75, 3.05) is 35.7 Å². The predicted molar refractivity (Wildman–Crippen MR) is 129 cm³/mol. The molecule has 34 heavy (non-hydrogen) atoms. The van der Waals surface area contributed by atoms with Crippen LogP contribution >= 0.6 is 11.8 Å². The molecule has 2 amide bonds. The summed E-state index contributed by atoms with van der Waals surface area (Å²) in [6.45, 7) is 1.66. The molecule has 3 aromatic rings. The van der Waals surface area contributed by atoms with Gasteiger partial charge in [0.05, 0.1) is 11.4 Å². The van der Waals surface area contributed by atoms with Crippen LogP contribution in [0.25, 0.3) is 0 Å². The topological polar surface area (TPSA) is 94.2 Å². The zero-order chi connectivity index (χ0) is 23.7.